The lowest BCUT2D eigenvalue weighted by molar-refractivity contribution is -0.172. The first-order chi connectivity index (χ1) is 11.6. The first-order valence-electron chi connectivity index (χ1n) is 9.32. The highest BCUT2D eigenvalue weighted by Gasteiger charge is 2.78. The third-order valence-electron chi connectivity index (χ3n) is 7.44. The molecular formula is C20H24O4. The van der Waals surface area contributed by atoms with Gasteiger partial charge in [0.25, 0.3) is 0 Å². The number of ether oxygens (including phenoxy) is 2. The molecule has 0 aromatic heterocycles. The molecule has 0 aromatic rings. The van der Waals surface area contributed by atoms with E-state index in [1.165, 1.54) is 12.0 Å². The Bertz CT molecular complexity index is 672. The van der Waals surface area contributed by atoms with Crippen molar-refractivity contribution < 1.29 is 19.1 Å². The SMILES string of the molecule is CCOC(=O)C1(C(=O)OCC)CC2=CC3C=CC4C5CC3C2(C1)C45. The number of rotatable bonds is 4. The van der Waals surface area contributed by atoms with Crippen molar-refractivity contribution in [3.05, 3.63) is 23.8 Å². The maximum Gasteiger partial charge on any atom is 0.323 e. The van der Waals surface area contributed by atoms with E-state index in [1.807, 2.05) is 0 Å². The van der Waals surface area contributed by atoms with E-state index in [2.05, 4.69) is 18.2 Å². The van der Waals surface area contributed by atoms with Crippen LogP contribution in [0.3, 0.4) is 0 Å². The van der Waals surface area contributed by atoms with Crippen LogP contribution in [0.15, 0.2) is 23.8 Å². The van der Waals surface area contributed by atoms with Crippen molar-refractivity contribution in [3.63, 3.8) is 0 Å². The topological polar surface area (TPSA) is 52.6 Å². The summed E-state index contributed by atoms with van der Waals surface area (Å²) < 4.78 is 10.7. The van der Waals surface area contributed by atoms with Crippen LogP contribution in [0, 0.1) is 40.4 Å². The van der Waals surface area contributed by atoms with Gasteiger partial charge in [-0.05, 0) is 62.7 Å². The van der Waals surface area contributed by atoms with Gasteiger partial charge in [0.15, 0.2) is 5.41 Å². The van der Waals surface area contributed by atoms with E-state index in [1.54, 1.807) is 13.8 Å². The van der Waals surface area contributed by atoms with Crippen LogP contribution in [-0.2, 0) is 19.1 Å². The average molecular weight is 328 g/mol. The largest absolute Gasteiger partial charge is 0.465 e. The van der Waals surface area contributed by atoms with Gasteiger partial charge in [0.2, 0.25) is 0 Å². The molecule has 24 heavy (non-hydrogen) atoms. The molecule has 4 heteroatoms. The molecule has 1 spiro atoms. The Labute approximate surface area is 142 Å². The van der Waals surface area contributed by atoms with Crippen molar-refractivity contribution >= 4 is 11.9 Å². The van der Waals surface area contributed by atoms with E-state index >= 15 is 0 Å². The monoisotopic (exact) mass is 328 g/mol. The van der Waals surface area contributed by atoms with Crippen molar-refractivity contribution in [1.82, 2.24) is 0 Å². The molecule has 0 N–H and O–H groups in total. The van der Waals surface area contributed by atoms with E-state index in [9.17, 15) is 9.59 Å². The summed E-state index contributed by atoms with van der Waals surface area (Å²) in [7, 11) is 0. The highest BCUT2D eigenvalue weighted by atomic mass is 16.6. The molecule has 3 fully saturated rings. The summed E-state index contributed by atoms with van der Waals surface area (Å²) >= 11 is 0. The maximum atomic E-state index is 12.8. The summed E-state index contributed by atoms with van der Waals surface area (Å²) in [4.78, 5) is 25.7. The highest BCUT2D eigenvalue weighted by molar-refractivity contribution is 6.01. The summed E-state index contributed by atoms with van der Waals surface area (Å²) in [5, 5.41) is 0. The van der Waals surface area contributed by atoms with Crippen molar-refractivity contribution in [3.8, 4) is 0 Å². The minimum absolute atomic E-state index is 0.0447. The van der Waals surface area contributed by atoms with Crippen molar-refractivity contribution in [2.24, 2.45) is 40.4 Å². The second kappa shape index (κ2) is 4.53. The normalized spacial score (nSPS) is 44.6. The van der Waals surface area contributed by atoms with Gasteiger partial charge in [-0.1, -0.05) is 23.8 Å². The van der Waals surface area contributed by atoms with Crippen LogP contribution in [0.4, 0.5) is 0 Å². The Balaban J connectivity index is 1.58. The zero-order valence-electron chi connectivity index (χ0n) is 14.3. The fourth-order valence-corrected chi connectivity index (χ4v) is 6.73. The average Bonchev–Trinajstić information content (AvgIpc) is 2.95. The summed E-state index contributed by atoms with van der Waals surface area (Å²) in [6, 6.07) is 0. The van der Waals surface area contributed by atoms with Gasteiger partial charge in [-0.25, -0.2) is 0 Å². The van der Waals surface area contributed by atoms with Crippen molar-refractivity contribution in [2.75, 3.05) is 13.2 Å². The van der Waals surface area contributed by atoms with Crippen LogP contribution in [-0.4, -0.2) is 25.2 Å². The molecular weight excluding hydrogens is 304 g/mol. The zero-order chi connectivity index (χ0) is 16.7. The second-order valence-electron chi connectivity index (χ2n) is 8.18. The van der Waals surface area contributed by atoms with Gasteiger partial charge in [0.05, 0.1) is 13.2 Å². The molecule has 4 nitrogen and oxygen atoms in total. The number of hydrogen-bond donors (Lipinski definition) is 0. The van der Waals surface area contributed by atoms with Crippen LogP contribution in [0.1, 0.15) is 33.1 Å². The van der Waals surface area contributed by atoms with E-state index in [4.69, 9.17) is 9.47 Å². The van der Waals surface area contributed by atoms with Crippen molar-refractivity contribution in [1.29, 1.82) is 0 Å². The molecule has 0 aliphatic heterocycles. The lowest BCUT2D eigenvalue weighted by atomic mass is 9.68. The number of hydrogen-bond acceptors (Lipinski definition) is 4. The summed E-state index contributed by atoms with van der Waals surface area (Å²) in [6.07, 6.45) is 9.48. The molecule has 6 aliphatic rings. The van der Waals surface area contributed by atoms with Crippen LogP contribution in [0.5, 0.6) is 0 Å². The Morgan fingerprint density at radius 2 is 1.88 bits per heavy atom. The molecule has 0 heterocycles. The minimum atomic E-state index is -1.12. The van der Waals surface area contributed by atoms with E-state index in [0.717, 1.165) is 5.92 Å². The molecule has 0 radical (unpaired) electrons. The Hall–Kier alpha value is -1.58. The Morgan fingerprint density at radius 1 is 1.17 bits per heavy atom. The minimum Gasteiger partial charge on any atom is -0.465 e. The van der Waals surface area contributed by atoms with Gasteiger partial charge >= 0.3 is 11.9 Å². The van der Waals surface area contributed by atoms with Gasteiger partial charge in [-0.15, -0.1) is 0 Å². The molecule has 3 saturated carbocycles. The number of carbonyl (C=O) groups excluding carboxylic acids is 2. The third-order valence-corrected chi connectivity index (χ3v) is 7.44. The quantitative estimate of drug-likeness (QED) is 0.452. The smallest absolute Gasteiger partial charge is 0.323 e. The maximum absolute atomic E-state index is 12.8. The Kier molecular flexibility index (Phi) is 2.78. The van der Waals surface area contributed by atoms with Gasteiger partial charge in [-0.3, -0.25) is 9.59 Å². The van der Waals surface area contributed by atoms with Crippen LogP contribution in [0.2, 0.25) is 0 Å². The molecule has 128 valence electrons. The predicted molar refractivity (Wildman–Crippen MR) is 86.7 cm³/mol. The van der Waals surface area contributed by atoms with E-state index < -0.39 is 5.41 Å². The lowest BCUT2D eigenvalue weighted by Gasteiger charge is -2.34. The molecule has 6 rings (SSSR count). The number of esters is 2. The number of allylic oxidation sites excluding steroid dienone is 4. The zero-order valence-corrected chi connectivity index (χ0v) is 14.3. The van der Waals surface area contributed by atoms with Gasteiger partial charge in [-0.2, -0.15) is 0 Å². The fourth-order valence-electron chi connectivity index (χ4n) is 6.73. The van der Waals surface area contributed by atoms with Gasteiger partial charge < -0.3 is 9.47 Å². The summed E-state index contributed by atoms with van der Waals surface area (Å²) in [5.74, 6) is 2.37. The standard InChI is InChI=1S/C20H24O4/c1-3-23-17(21)19(18(22)24-4-2)9-12-7-11-5-6-13-14-8-15(11)20(12,10-19)16(13)14/h5-7,11,13-16H,3-4,8-10H2,1-2H3. The molecule has 0 saturated heterocycles. The van der Waals surface area contributed by atoms with Crippen LogP contribution < -0.4 is 0 Å². The third kappa shape index (κ3) is 1.47. The molecule has 0 amide bonds. The first-order valence-corrected chi connectivity index (χ1v) is 9.32. The van der Waals surface area contributed by atoms with Gasteiger partial charge in [0.1, 0.15) is 0 Å². The van der Waals surface area contributed by atoms with Crippen molar-refractivity contribution in [2.45, 2.75) is 33.1 Å². The highest BCUT2D eigenvalue weighted by Crippen LogP contribution is 2.82. The molecule has 0 aromatic carbocycles. The fraction of sp³-hybridized carbons (Fsp3) is 0.700. The summed E-state index contributed by atoms with van der Waals surface area (Å²) in [6.45, 7) is 4.19. The van der Waals surface area contributed by atoms with E-state index in [0.29, 0.717) is 49.7 Å². The lowest BCUT2D eigenvalue weighted by Crippen LogP contribution is -2.42. The summed E-state index contributed by atoms with van der Waals surface area (Å²) in [5.41, 5.74) is 0.272. The second-order valence-corrected chi connectivity index (χ2v) is 8.18. The molecule has 6 unspecified atom stereocenters. The first kappa shape index (κ1) is 14.7. The molecule has 6 atom stereocenters. The van der Waals surface area contributed by atoms with Crippen LogP contribution >= 0.6 is 0 Å². The van der Waals surface area contributed by atoms with Crippen LogP contribution in [0.25, 0.3) is 0 Å². The number of carbonyl (C=O) groups is 2. The molecule has 6 bridgehead atoms. The Morgan fingerprint density at radius 3 is 2.54 bits per heavy atom. The molecule has 6 aliphatic carbocycles. The van der Waals surface area contributed by atoms with E-state index in [-0.39, 0.29) is 17.4 Å². The predicted octanol–water partition coefficient (Wildman–Crippen LogP) is 2.89. The van der Waals surface area contributed by atoms with Gasteiger partial charge in [0, 0.05) is 5.41 Å².